The number of imidazole rings is 1. The highest BCUT2D eigenvalue weighted by Crippen LogP contribution is 2.16. The SMILES string of the molecule is CS(=O)(=O)N[C@@H]1CCCN(Cc2ccc(-n3ccnc3)cc2)C1. The molecule has 1 atom stereocenters. The Bertz CT molecular complexity index is 726. The maximum atomic E-state index is 11.4. The van der Waals surface area contributed by atoms with Crippen LogP contribution in [0.1, 0.15) is 18.4 Å². The zero-order valence-electron chi connectivity index (χ0n) is 13.2. The minimum atomic E-state index is -3.14. The van der Waals surface area contributed by atoms with Crippen LogP contribution in [0.3, 0.4) is 0 Å². The van der Waals surface area contributed by atoms with Crippen LogP contribution in [-0.4, -0.2) is 48.3 Å². The topological polar surface area (TPSA) is 67.2 Å². The van der Waals surface area contributed by atoms with Gasteiger partial charge in [-0.1, -0.05) is 12.1 Å². The van der Waals surface area contributed by atoms with Crippen LogP contribution in [0.25, 0.3) is 5.69 Å². The Kier molecular flexibility index (Phi) is 4.79. The lowest BCUT2D eigenvalue weighted by Gasteiger charge is -2.32. The molecule has 3 rings (SSSR count). The number of nitrogens with one attached hydrogen (secondary N) is 1. The van der Waals surface area contributed by atoms with Crippen LogP contribution in [-0.2, 0) is 16.6 Å². The van der Waals surface area contributed by atoms with Gasteiger partial charge < -0.3 is 4.57 Å². The van der Waals surface area contributed by atoms with Gasteiger partial charge in [-0.05, 0) is 37.1 Å². The van der Waals surface area contributed by atoms with E-state index in [1.807, 2.05) is 10.8 Å². The van der Waals surface area contributed by atoms with Crippen molar-refractivity contribution < 1.29 is 8.42 Å². The molecule has 0 amide bonds. The molecule has 23 heavy (non-hydrogen) atoms. The zero-order chi connectivity index (χ0) is 16.3. The van der Waals surface area contributed by atoms with E-state index in [-0.39, 0.29) is 6.04 Å². The molecule has 7 heteroatoms. The molecular formula is C16H22N4O2S. The Morgan fingerprint density at radius 2 is 2.09 bits per heavy atom. The molecule has 0 bridgehead atoms. The maximum Gasteiger partial charge on any atom is 0.208 e. The van der Waals surface area contributed by atoms with E-state index in [1.54, 1.807) is 12.5 Å². The molecule has 124 valence electrons. The summed E-state index contributed by atoms with van der Waals surface area (Å²) in [6.07, 6.45) is 8.60. The average molecular weight is 334 g/mol. The van der Waals surface area contributed by atoms with Crippen molar-refractivity contribution >= 4 is 10.0 Å². The third-order valence-corrected chi connectivity index (χ3v) is 4.79. The fourth-order valence-electron chi connectivity index (χ4n) is 3.04. The van der Waals surface area contributed by atoms with E-state index in [0.717, 1.165) is 38.2 Å². The molecule has 1 N–H and O–H groups in total. The standard InChI is InChI=1S/C16H22N4O2S/c1-23(21,22)18-15-3-2-9-19(12-15)11-14-4-6-16(7-5-14)20-10-8-17-13-20/h4-8,10,13,15,18H,2-3,9,11-12H2,1H3/t15-/m1/s1. The Morgan fingerprint density at radius 3 is 2.74 bits per heavy atom. The highest BCUT2D eigenvalue weighted by molar-refractivity contribution is 7.88. The lowest BCUT2D eigenvalue weighted by atomic mass is 10.1. The van der Waals surface area contributed by atoms with E-state index in [9.17, 15) is 8.42 Å². The second kappa shape index (κ2) is 6.82. The molecule has 1 fully saturated rings. The monoisotopic (exact) mass is 334 g/mol. The van der Waals surface area contributed by atoms with E-state index in [0.29, 0.717) is 0 Å². The van der Waals surface area contributed by atoms with Gasteiger partial charge in [0.2, 0.25) is 10.0 Å². The molecule has 1 aromatic carbocycles. The molecule has 0 spiro atoms. The van der Waals surface area contributed by atoms with Crippen molar-refractivity contribution in [2.45, 2.75) is 25.4 Å². The van der Waals surface area contributed by atoms with Crippen LogP contribution < -0.4 is 4.72 Å². The largest absolute Gasteiger partial charge is 0.306 e. The predicted molar refractivity (Wildman–Crippen MR) is 89.8 cm³/mol. The van der Waals surface area contributed by atoms with Crippen LogP contribution in [0.4, 0.5) is 0 Å². The molecule has 1 aliphatic rings. The molecular weight excluding hydrogens is 312 g/mol. The normalized spacial score (nSPS) is 19.8. The van der Waals surface area contributed by atoms with Gasteiger partial charge in [-0.25, -0.2) is 18.1 Å². The lowest BCUT2D eigenvalue weighted by Crippen LogP contribution is -2.46. The number of nitrogens with zero attached hydrogens (tertiary/aromatic N) is 3. The number of benzene rings is 1. The molecule has 6 nitrogen and oxygen atoms in total. The Morgan fingerprint density at radius 1 is 1.30 bits per heavy atom. The van der Waals surface area contributed by atoms with Crippen LogP contribution in [0, 0.1) is 0 Å². The van der Waals surface area contributed by atoms with Gasteiger partial charge in [0.05, 0.1) is 12.6 Å². The number of aromatic nitrogens is 2. The average Bonchev–Trinajstić information content (AvgIpc) is 3.01. The van der Waals surface area contributed by atoms with Gasteiger partial charge in [-0.15, -0.1) is 0 Å². The van der Waals surface area contributed by atoms with Gasteiger partial charge in [0.25, 0.3) is 0 Å². The first kappa shape index (κ1) is 16.2. The number of hydrogen-bond donors (Lipinski definition) is 1. The first-order chi connectivity index (χ1) is 11.0. The highest BCUT2D eigenvalue weighted by Gasteiger charge is 2.22. The fraction of sp³-hybridized carbons (Fsp3) is 0.438. The number of sulfonamides is 1. The fourth-order valence-corrected chi connectivity index (χ4v) is 3.84. The van der Waals surface area contributed by atoms with E-state index >= 15 is 0 Å². The quantitative estimate of drug-likeness (QED) is 0.897. The zero-order valence-corrected chi connectivity index (χ0v) is 14.0. The Balaban J connectivity index is 1.60. The summed E-state index contributed by atoms with van der Waals surface area (Å²) in [4.78, 5) is 6.35. The lowest BCUT2D eigenvalue weighted by molar-refractivity contribution is 0.194. The molecule has 1 aliphatic heterocycles. The van der Waals surface area contributed by atoms with Crippen LogP contribution in [0.15, 0.2) is 43.0 Å². The van der Waals surface area contributed by atoms with Crippen molar-refractivity contribution in [3.8, 4) is 5.69 Å². The minimum absolute atomic E-state index is 0.0176. The predicted octanol–water partition coefficient (Wildman–Crippen LogP) is 1.39. The Hall–Kier alpha value is -1.70. The van der Waals surface area contributed by atoms with Crippen molar-refractivity contribution in [1.29, 1.82) is 0 Å². The van der Waals surface area contributed by atoms with Gasteiger partial charge in [-0.3, -0.25) is 4.90 Å². The van der Waals surface area contributed by atoms with E-state index in [1.165, 1.54) is 11.8 Å². The van der Waals surface area contributed by atoms with E-state index in [4.69, 9.17) is 0 Å². The highest BCUT2D eigenvalue weighted by atomic mass is 32.2. The van der Waals surface area contributed by atoms with Crippen LogP contribution in [0.2, 0.25) is 0 Å². The van der Waals surface area contributed by atoms with Gasteiger partial charge in [0, 0.05) is 37.2 Å². The smallest absolute Gasteiger partial charge is 0.208 e. The van der Waals surface area contributed by atoms with Gasteiger partial charge in [0.15, 0.2) is 0 Å². The minimum Gasteiger partial charge on any atom is -0.306 e. The second-order valence-corrected chi connectivity index (χ2v) is 7.88. The summed E-state index contributed by atoms with van der Waals surface area (Å²) in [5, 5.41) is 0. The number of likely N-dealkylation sites (tertiary alicyclic amines) is 1. The maximum absolute atomic E-state index is 11.4. The third-order valence-electron chi connectivity index (χ3n) is 4.03. The van der Waals surface area contributed by atoms with Crippen molar-refractivity contribution in [3.05, 3.63) is 48.5 Å². The van der Waals surface area contributed by atoms with E-state index in [2.05, 4.69) is 38.9 Å². The number of hydrogen-bond acceptors (Lipinski definition) is 4. The van der Waals surface area contributed by atoms with Crippen molar-refractivity contribution in [3.63, 3.8) is 0 Å². The summed E-state index contributed by atoms with van der Waals surface area (Å²) in [7, 11) is -3.14. The third kappa shape index (κ3) is 4.63. The first-order valence-corrected chi connectivity index (χ1v) is 9.66. The summed E-state index contributed by atoms with van der Waals surface area (Å²) in [5.74, 6) is 0. The molecule has 1 aromatic heterocycles. The summed E-state index contributed by atoms with van der Waals surface area (Å²) < 4.78 is 27.4. The summed E-state index contributed by atoms with van der Waals surface area (Å²) in [6, 6.07) is 8.40. The van der Waals surface area contributed by atoms with Gasteiger partial charge in [0.1, 0.15) is 0 Å². The van der Waals surface area contributed by atoms with Crippen LogP contribution in [0.5, 0.6) is 0 Å². The van der Waals surface area contributed by atoms with E-state index < -0.39 is 10.0 Å². The number of piperidine rings is 1. The molecule has 2 heterocycles. The molecule has 1 saturated heterocycles. The molecule has 0 radical (unpaired) electrons. The van der Waals surface area contributed by atoms with Gasteiger partial charge >= 0.3 is 0 Å². The summed E-state index contributed by atoms with van der Waals surface area (Å²) >= 11 is 0. The second-order valence-electron chi connectivity index (χ2n) is 6.10. The molecule has 0 aliphatic carbocycles. The summed E-state index contributed by atoms with van der Waals surface area (Å²) in [6.45, 7) is 2.60. The van der Waals surface area contributed by atoms with Crippen molar-refractivity contribution in [1.82, 2.24) is 19.2 Å². The van der Waals surface area contributed by atoms with Crippen molar-refractivity contribution in [2.24, 2.45) is 0 Å². The molecule has 0 saturated carbocycles. The van der Waals surface area contributed by atoms with Crippen LogP contribution >= 0.6 is 0 Å². The number of rotatable bonds is 5. The first-order valence-electron chi connectivity index (χ1n) is 7.76. The molecule has 0 unspecified atom stereocenters. The van der Waals surface area contributed by atoms with Gasteiger partial charge in [-0.2, -0.15) is 0 Å². The summed E-state index contributed by atoms with van der Waals surface area (Å²) in [5.41, 5.74) is 2.32. The van der Waals surface area contributed by atoms with Crippen molar-refractivity contribution in [2.75, 3.05) is 19.3 Å². The Labute approximate surface area is 137 Å². The molecule has 2 aromatic rings.